The molecule has 0 fully saturated rings. The average molecular weight is 441 g/mol. The van der Waals surface area contributed by atoms with Gasteiger partial charge in [-0.05, 0) is 48.5 Å². The van der Waals surface area contributed by atoms with Crippen molar-refractivity contribution in [2.75, 3.05) is 10.8 Å². The summed E-state index contributed by atoms with van der Waals surface area (Å²) in [5.41, 5.74) is 1.23. The van der Waals surface area contributed by atoms with Crippen LogP contribution in [0.2, 0.25) is 5.02 Å². The van der Waals surface area contributed by atoms with Crippen LogP contribution in [0.4, 0.5) is 5.69 Å². The number of rotatable bonds is 6. The Bertz CT molecular complexity index is 1260. The van der Waals surface area contributed by atoms with Crippen molar-refractivity contribution in [1.82, 2.24) is 25.2 Å². The van der Waals surface area contributed by atoms with Gasteiger partial charge in [-0.2, -0.15) is 0 Å². The maximum Gasteiger partial charge on any atom is 0.265 e. The molecule has 2 heterocycles. The minimum atomic E-state index is -3.76. The zero-order valence-corrected chi connectivity index (χ0v) is 17.5. The first-order chi connectivity index (χ1) is 14.5. The number of benzene rings is 2. The molecule has 2 aromatic carbocycles. The van der Waals surface area contributed by atoms with E-state index in [0.717, 1.165) is 0 Å². The molecule has 0 aliphatic heterocycles. The van der Waals surface area contributed by atoms with Crippen LogP contribution < -0.4 is 4.31 Å². The van der Waals surface area contributed by atoms with Gasteiger partial charge in [-0.1, -0.05) is 41.9 Å². The minimum Gasteiger partial charge on any atom is -0.267 e. The number of hydrogen-bond donors (Lipinski definition) is 0. The predicted molar refractivity (Wildman–Crippen MR) is 114 cm³/mol. The van der Waals surface area contributed by atoms with Crippen molar-refractivity contribution < 1.29 is 8.42 Å². The van der Waals surface area contributed by atoms with Crippen molar-refractivity contribution in [2.24, 2.45) is 0 Å². The maximum atomic E-state index is 13.1. The Balaban J connectivity index is 1.63. The molecule has 2 aromatic heterocycles. The molecule has 10 heteroatoms. The molecule has 8 nitrogen and oxygen atoms in total. The number of tetrazole rings is 1. The van der Waals surface area contributed by atoms with E-state index in [2.05, 4.69) is 20.4 Å². The standard InChI is InChI=1S/C20H17ClN6O2S/c1-2-26(15-8-4-3-5-9-15)30(28,29)16-12-13-19(22-14-16)27-24-20(23-25-27)17-10-6-7-11-18(17)21/h3-14H,2H2,1H3. The van der Waals surface area contributed by atoms with Gasteiger partial charge < -0.3 is 0 Å². The van der Waals surface area contributed by atoms with Gasteiger partial charge in [-0.15, -0.1) is 15.0 Å². The second-order valence-electron chi connectivity index (χ2n) is 6.24. The van der Waals surface area contributed by atoms with Crippen LogP contribution >= 0.6 is 11.6 Å². The fourth-order valence-electron chi connectivity index (χ4n) is 2.92. The lowest BCUT2D eigenvalue weighted by Gasteiger charge is -2.22. The highest BCUT2D eigenvalue weighted by molar-refractivity contribution is 7.92. The Morgan fingerprint density at radius 3 is 2.40 bits per heavy atom. The van der Waals surface area contributed by atoms with Gasteiger partial charge in [0.15, 0.2) is 5.82 Å². The summed E-state index contributed by atoms with van der Waals surface area (Å²) in [4.78, 5) is 5.51. The van der Waals surface area contributed by atoms with Crippen molar-refractivity contribution in [3.05, 3.63) is 77.9 Å². The zero-order valence-electron chi connectivity index (χ0n) is 15.9. The number of hydrogen-bond acceptors (Lipinski definition) is 6. The van der Waals surface area contributed by atoms with Gasteiger partial charge in [0.1, 0.15) is 4.90 Å². The molecule has 0 aliphatic carbocycles. The van der Waals surface area contributed by atoms with E-state index < -0.39 is 10.0 Å². The van der Waals surface area contributed by atoms with Crippen molar-refractivity contribution in [1.29, 1.82) is 0 Å². The van der Waals surface area contributed by atoms with Crippen LogP contribution in [0.1, 0.15) is 6.92 Å². The van der Waals surface area contributed by atoms with E-state index in [1.165, 1.54) is 27.4 Å². The zero-order chi connectivity index (χ0) is 21.1. The number of pyridine rings is 1. The van der Waals surface area contributed by atoms with Crippen LogP contribution in [-0.2, 0) is 10.0 Å². The highest BCUT2D eigenvalue weighted by Crippen LogP contribution is 2.25. The first-order valence-corrected chi connectivity index (χ1v) is 10.9. The van der Waals surface area contributed by atoms with E-state index in [0.29, 0.717) is 34.5 Å². The molecular formula is C20H17ClN6O2S. The molecule has 0 N–H and O–H groups in total. The molecule has 4 rings (SSSR count). The molecule has 30 heavy (non-hydrogen) atoms. The van der Waals surface area contributed by atoms with Crippen LogP contribution in [-0.4, -0.2) is 40.2 Å². The molecule has 4 aromatic rings. The average Bonchev–Trinajstić information content (AvgIpc) is 3.25. The molecule has 0 aliphatic rings. The highest BCUT2D eigenvalue weighted by atomic mass is 35.5. The smallest absolute Gasteiger partial charge is 0.265 e. The minimum absolute atomic E-state index is 0.0726. The van der Waals surface area contributed by atoms with E-state index in [1.807, 2.05) is 18.2 Å². The van der Waals surface area contributed by atoms with Crippen LogP contribution in [0.15, 0.2) is 77.8 Å². The second-order valence-corrected chi connectivity index (χ2v) is 8.51. The lowest BCUT2D eigenvalue weighted by Crippen LogP contribution is -2.30. The summed E-state index contributed by atoms with van der Waals surface area (Å²) in [6.45, 7) is 2.07. The normalized spacial score (nSPS) is 11.4. The molecule has 0 unspecified atom stereocenters. The number of para-hydroxylation sites is 1. The number of anilines is 1. The maximum absolute atomic E-state index is 13.1. The second kappa shape index (κ2) is 8.21. The first kappa shape index (κ1) is 20.0. The molecule has 0 atom stereocenters. The summed E-state index contributed by atoms with van der Waals surface area (Å²) in [5, 5.41) is 12.8. The summed E-state index contributed by atoms with van der Waals surface area (Å²) >= 11 is 6.17. The van der Waals surface area contributed by atoms with E-state index in [1.54, 1.807) is 43.3 Å². The number of nitrogens with zero attached hydrogens (tertiary/aromatic N) is 6. The Hall–Kier alpha value is -3.30. The molecule has 152 valence electrons. The van der Waals surface area contributed by atoms with E-state index >= 15 is 0 Å². The Morgan fingerprint density at radius 2 is 1.73 bits per heavy atom. The Morgan fingerprint density at radius 1 is 1.00 bits per heavy atom. The molecule has 0 saturated heterocycles. The van der Waals surface area contributed by atoms with Gasteiger partial charge in [0.25, 0.3) is 10.0 Å². The summed E-state index contributed by atoms with van der Waals surface area (Å²) in [6, 6.07) is 19.1. The lowest BCUT2D eigenvalue weighted by atomic mass is 10.2. The van der Waals surface area contributed by atoms with Crippen LogP contribution in [0.25, 0.3) is 17.2 Å². The molecule has 0 bridgehead atoms. The third kappa shape index (κ3) is 3.77. The lowest BCUT2D eigenvalue weighted by molar-refractivity contribution is 0.591. The van der Waals surface area contributed by atoms with Gasteiger partial charge in [0.2, 0.25) is 5.82 Å². The SMILES string of the molecule is CCN(c1ccccc1)S(=O)(=O)c1ccc(-n2nnc(-c3ccccc3Cl)n2)nc1. The fraction of sp³-hybridized carbons (Fsp3) is 0.100. The van der Waals surface area contributed by atoms with Gasteiger partial charge in [0.05, 0.1) is 10.7 Å². The fourth-order valence-corrected chi connectivity index (χ4v) is 4.56. The third-order valence-corrected chi connectivity index (χ3v) is 6.59. The first-order valence-electron chi connectivity index (χ1n) is 9.10. The largest absolute Gasteiger partial charge is 0.267 e. The highest BCUT2D eigenvalue weighted by Gasteiger charge is 2.24. The van der Waals surface area contributed by atoms with Crippen molar-refractivity contribution in [3.8, 4) is 17.2 Å². The summed E-state index contributed by atoms with van der Waals surface area (Å²) in [5.74, 6) is 0.683. The van der Waals surface area contributed by atoms with Gasteiger partial charge in [-0.25, -0.2) is 13.4 Å². The number of aromatic nitrogens is 5. The Kier molecular flexibility index (Phi) is 5.47. The third-order valence-electron chi connectivity index (χ3n) is 4.37. The number of halogens is 1. The summed E-state index contributed by atoms with van der Waals surface area (Å²) < 4.78 is 27.4. The van der Waals surface area contributed by atoms with E-state index in [-0.39, 0.29) is 4.90 Å². The van der Waals surface area contributed by atoms with Crippen molar-refractivity contribution in [2.45, 2.75) is 11.8 Å². The molecule has 0 saturated carbocycles. The van der Waals surface area contributed by atoms with Crippen LogP contribution in [0.3, 0.4) is 0 Å². The quantitative estimate of drug-likeness (QED) is 0.454. The molecule has 0 amide bonds. The molecule has 0 radical (unpaired) electrons. The van der Waals surface area contributed by atoms with Crippen molar-refractivity contribution >= 4 is 27.3 Å². The van der Waals surface area contributed by atoms with Gasteiger partial charge in [-0.3, -0.25) is 4.31 Å². The van der Waals surface area contributed by atoms with Gasteiger partial charge >= 0.3 is 0 Å². The summed E-state index contributed by atoms with van der Waals surface area (Å²) in [6.07, 6.45) is 1.29. The van der Waals surface area contributed by atoms with Crippen molar-refractivity contribution in [3.63, 3.8) is 0 Å². The molecular weight excluding hydrogens is 424 g/mol. The van der Waals surface area contributed by atoms with Crippen LogP contribution in [0.5, 0.6) is 0 Å². The van der Waals surface area contributed by atoms with Gasteiger partial charge in [0, 0.05) is 18.3 Å². The molecule has 0 spiro atoms. The van der Waals surface area contributed by atoms with E-state index in [9.17, 15) is 8.42 Å². The predicted octanol–water partition coefficient (Wildman–Crippen LogP) is 3.59. The Labute approximate surface area is 178 Å². The van der Waals surface area contributed by atoms with E-state index in [4.69, 9.17) is 11.6 Å². The summed E-state index contributed by atoms with van der Waals surface area (Å²) in [7, 11) is -3.76. The topological polar surface area (TPSA) is 93.9 Å². The van der Waals surface area contributed by atoms with Crippen LogP contribution in [0, 0.1) is 0 Å². The number of sulfonamides is 1. The monoisotopic (exact) mass is 440 g/mol.